The Morgan fingerprint density at radius 1 is 1.36 bits per heavy atom. The fourth-order valence-corrected chi connectivity index (χ4v) is 1.07. The predicted octanol–water partition coefficient (Wildman–Crippen LogP) is 0.848. The van der Waals surface area contributed by atoms with Crippen molar-refractivity contribution in [3.05, 3.63) is 24.3 Å². The highest BCUT2D eigenvalue weighted by molar-refractivity contribution is 5.89. The van der Waals surface area contributed by atoms with Crippen molar-refractivity contribution in [3.8, 4) is 0 Å². The third-order valence-corrected chi connectivity index (χ3v) is 1.61. The third kappa shape index (κ3) is 0.841. The maximum atomic E-state index is 5.23. The van der Waals surface area contributed by atoms with E-state index < -0.39 is 0 Å². The Hall–Kier alpha value is -1.55. The number of nitrogens with two attached hydrogens (primary N) is 1. The first-order valence-corrected chi connectivity index (χ1v) is 3.31. The van der Waals surface area contributed by atoms with Gasteiger partial charge in [-0.25, -0.2) is 5.84 Å². The maximum Gasteiger partial charge on any atom is 0.169 e. The van der Waals surface area contributed by atoms with Crippen LogP contribution in [0.15, 0.2) is 24.3 Å². The first-order valence-electron chi connectivity index (χ1n) is 3.31. The number of hydrogen-bond donors (Lipinski definition) is 3. The Bertz CT molecular complexity index is 365. The van der Waals surface area contributed by atoms with E-state index in [9.17, 15) is 0 Å². The van der Waals surface area contributed by atoms with E-state index in [0.717, 1.165) is 10.9 Å². The Balaban J connectivity index is 2.76. The molecule has 2 rings (SSSR count). The first kappa shape index (κ1) is 6.18. The minimum absolute atomic E-state index is 0.681. The Labute approximate surface area is 63.4 Å². The highest BCUT2D eigenvalue weighted by Crippen LogP contribution is 2.17. The molecule has 0 aliphatic rings. The summed E-state index contributed by atoms with van der Waals surface area (Å²) in [7, 11) is 0. The van der Waals surface area contributed by atoms with Crippen molar-refractivity contribution in [1.29, 1.82) is 0 Å². The summed E-state index contributed by atoms with van der Waals surface area (Å²) in [4.78, 5) is 0. The zero-order valence-corrected chi connectivity index (χ0v) is 5.83. The quantitative estimate of drug-likeness (QED) is 0.415. The van der Waals surface area contributed by atoms with Gasteiger partial charge in [0.2, 0.25) is 0 Å². The van der Waals surface area contributed by atoms with Gasteiger partial charge in [-0.2, -0.15) is 5.10 Å². The zero-order valence-electron chi connectivity index (χ0n) is 5.83. The number of aromatic nitrogens is 2. The number of nitrogens with zero attached hydrogens (tertiary/aromatic N) is 1. The molecule has 0 aliphatic carbocycles. The van der Waals surface area contributed by atoms with Crippen LogP contribution in [0.2, 0.25) is 0 Å². The van der Waals surface area contributed by atoms with Gasteiger partial charge in [0.25, 0.3) is 0 Å². The van der Waals surface area contributed by atoms with Crippen LogP contribution >= 0.6 is 0 Å². The van der Waals surface area contributed by atoms with Crippen molar-refractivity contribution in [3.63, 3.8) is 0 Å². The molecular formula is C7H8N4. The third-order valence-electron chi connectivity index (χ3n) is 1.61. The highest BCUT2D eigenvalue weighted by atomic mass is 15.3. The lowest BCUT2D eigenvalue weighted by molar-refractivity contribution is 1.10. The summed E-state index contributed by atoms with van der Waals surface area (Å²) in [5.41, 5.74) is 3.49. The highest BCUT2D eigenvalue weighted by Gasteiger charge is 2.00. The number of benzene rings is 1. The Morgan fingerprint density at radius 3 is 3.00 bits per heavy atom. The summed E-state index contributed by atoms with van der Waals surface area (Å²) >= 11 is 0. The monoisotopic (exact) mass is 148 g/mol. The predicted molar refractivity (Wildman–Crippen MR) is 43.9 cm³/mol. The van der Waals surface area contributed by atoms with Crippen LogP contribution in [-0.2, 0) is 0 Å². The molecule has 0 aliphatic heterocycles. The van der Waals surface area contributed by atoms with Gasteiger partial charge in [-0.3, -0.25) is 5.10 Å². The van der Waals surface area contributed by atoms with Gasteiger partial charge in [0.15, 0.2) is 5.82 Å². The van der Waals surface area contributed by atoms with Crippen LogP contribution in [0.3, 0.4) is 0 Å². The van der Waals surface area contributed by atoms with E-state index in [0.29, 0.717) is 5.82 Å². The summed E-state index contributed by atoms with van der Waals surface area (Å²) in [6, 6.07) is 7.79. The molecule has 0 saturated heterocycles. The number of aromatic amines is 1. The average Bonchev–Trinajstić information content (AvgIpc) is 2.47. The average molecular weight is 148 g/mol. The molecule has 0 atom stereocenters. The van der Waals surface area contributed by atoms with Gasteiger partial charge in [-0.05, 0) is 12.1 Å². The van der Waals surface area contributed by atoms with Crippen molar-refractivity contribution in [2.45, 2.75) is 0 Å². The van der Waals surface area contributed by atoms with Crippen LogP contribution in [0.25, 0.3) is 10.9 Å². The van der Waals surface area contributed by atoms with E-state index >= 15 is 0 Å². The van der Waals surface area contributed by atoms with Gasteiger partial charge >= 0.3 is 0 Å². The molecule has 2 aromatic rings. The Kier molecular flexibility index (Phi) is 1.26. The molecule has 0 unspecified atom stereocenters. The number of nitrogen functional groups attached to an aromatic ring is 1. The van der Waals surface area contributed by atoms with Crippen molar-refractivity contribution in [2.24, 2.45) is 5.84 Å². The van der Waals surface area contributed by atoms with Crippen molar-refractivity contribution >= 4 is 16.7 Å². The molecule has 0 saturated carbocycles. The number of para-hydroxylation sites is 1. The number of anilines is 1. The lowest BCUT2D eigenvalue weighted by atomic mass is 10.2. The minimum atomic E-state index is 0.681. The van der Waals surface area contributed by atoms with Crippen LogP contribution in [0.1, 0.15) is 0 Å². The summed E-state index contributed by atoms with van der Waals surface area (Å²) < 4.78 is 0. The van der Waals surface area contributed by atoms with E-state index in [1.165, 1.54) is 0 Å². The molecule has 1 aromatic carbocycles. The normalized spacial score (nSPS) is 10.3. The molecule has 11 heavy (non-hydrogen) atoms. The lowest BCUT2D eigenvalue weighted by Crippen LogP contribution is -2.06. The van der Waals surface area contributed by atoms with Gasteiger partial charge < -0.3 is 5.43 Å². The lowest BCUT2D eigenvalue weighted by Gasteiger charge is -1.91. The zero-order chi connectivity index (χ0) is 7.68. The molecule has 0 spiro atoms. The van der Waals surface area contributed by atoms with Crippen LogP contribution < -0.4 is 11.3 Å². The molecule has 1 heterocycles. The molecule has 4 nitrogen and oxygen atoms in total. The first-order chi connectivity index (χ1) is 5.42. The number of fused-ring (bicyclic) bond motifs is 1. The Morgan fingerprint density at radius 2 is 2.18 bits per heavy atom. The number of rotatable bonds is 1. The van der Waals surface area contributed by atoms with Crippen molar-refractivity contribution in [1.82, 2.24) is 10.2 Å². The van der Waals surface area contributed by atoms with E-state index in [2.05, 4.69) is 15.6 Å². The number of hydrazine groups is 1. The fraction of sp³-hybridized carbons (Fsp3) is 0. The molecule has 56 valence electrons. The van der Waals surface area contributed by atoms with Crippen LogP contribution in [0, 0.1) is 0 Å². The fourth-order valence-electron chi connectivity index (χ4n) is 1.07. The number of H-pyrrole nitrogens is 1. The SMILES string of the molecule is NNc1n[nH]c2ccccc12. The molecule has 0 fully saturated rings. The van der Waals surface area contributed by atoms with Gasteiger partial charge in [0.1, 0.15) is 0 Å². The smallest absolute Gasteiger partial charge is 0.169 e. The summed E-state index contributed by atoms with van der Waals surface area (Å²) in [5, 5.41) is 7.81. The molecule has 0 bridgehead atoms. The van der Waals surface area contributed by atoms with Gasteiger partial charge in [0.05, 0.1) is 5.52 Å². The van der Waals surface area contributed by atoms with Crippen LogP contribution in [0.4, 0.5) is 5.82 Å². The largest absolute Gasteiger partial charge is 0.306 e. The maximum absolute atomic E-state index is 5.23. The molecule has 4 N–H and O–H groups in total. The minimum Gasteiger partial charge on any atom is -0.306 e. The van der Waals surface area contributed by atoms with Crippen LogP contribution in [-0.4, -0.2) is 10.2 Å². The van der Waals surface area contributed by atoms with E-state index in [1.54, 1.807) is 0 Å². The van der Waals surface area contributed by atoms with Gasteiger partial charge in [0, 0.05) is 5.39 Å². The number of nitrogens with one attached hydrogen (secondary N) is 2. The molecule has 0 amide bonds. The molecule has 0 radical (unpaired) electrons. The molecule has 4 heteroatoms. The summed E-state index contributed by atoms with van der Waals surface area (Å²) in [6.45, 7) is 0. The van der Waals surface area contributed by atoms with Gasteiger partial charge in [-0.15, -0.1) is 0 Å². The molecule has 1 aromatic heterocycles. The molecular weight excluding hydrogens is 140 g/mol. The van der Waals surface area contributed by atoms with Crippen molar-refractivity contribution in [2.75, 3.05) is 5.43 Å². The van der Waals surface area contributed by atoms with Crippen LogP contribution in [0.5, 0.6) is 0 Å². The van der Waals surface area contributed by atoms with Gasteiger partial charge in [-0.1, -0.05) is 12.1 Å². The number of hydrogen-bond acceptors (Lipinski definition) is 3. The second-order valence-electron chi connectivity index (χ2n) is 2.26. The van der Waals surface area contributed by atoms with E-state index in [1.807, 2.05) is 24.3 Å². The second-order valence-corrected chi connectivity index (χ2v) is 2.26. The van der Waals surface area contributed by atoms with E-state index in [-0.39, 0.29) is 0 Å². The summed E-state index contributed by atoms with van der Waals surface area (Å²) in [5.74, 6) is 5.91. The standard InChI is InChI=1S/C7H8N4/c8-9-7-5-3-1-2-4-6(5)10-11-7/h1-4H,8H2,(H2,9,10,11). The topological polar surface area (TPSA) is 66.7 Å². The van der Waals surface area contributed by atoms with Crippen molar-refractivity contribution < 1.29 is 0 Å². The summed E-state index contributed by atoms with van der Waals surface area (Å²) in [6.07, 6.45) is 0. The van der Waals surface area contributed by atoms with E-state index in [4.69, 9.17) is 5.84 Å². The second kappa shape index (κ2) is 2.25.